The molecule has 0 radical (unpaired) electrons. The molecule has 4 aromatic rings. The molecule has 0 unspecified atom stereocenters. The van der Waals surface area contributed by atoms with Crippen molar-refractivity contribution in [2.75, 3.05) is 22.1 Å². The highest BCUT2D eigenvalue weighted by Crippen LogP contribution is 2.29. The molecule has 12 N–H and O–H groups in total. The maximum absolute atomic E-state index is 12.0. The van der Waals surface area contributed by atoms with E-state index in [1.807, 2.05) is 45.9 Å². The van der Waals surface area contributed by atoms with E-state index >= 15 is 0 Å². The first-order valence-electron chi connectivity index (χ1n) is 16.9. The Morgan fingerprint density at radius 2 is 1.15 bits per heavy atom. The summed E-state index contributed by atoms with van der Waals surface area (Å²) in [6, 6.07) is 17.4. The summed E-state index contributed by atoms with van der Waals surface area (Å²) in [5.41, 5.74) is 26.4. The van der Waals surface area contributed by atoms with Gasteiger partial charge in [-0.2, -0.15) is 9.97 Å². The van der Waals surface area contributed by atoms with Crippen LogP contribution in [0.2, 0.25) is 0 Å². The Morgan fingerprint density at radius 3 is 1.51 bits per heavy atom. The molecule has 0 spiro atoms. The SMILES string of the molecule is Cc1cc(N[C@@H](C)c2ccc(C(=O)O)cc2)nc(N)n1.Cc1cc(N[C@@H](C)c2ccc(C(=O)O/N=C(\N)C3CC3)cc2)nc(N)n1.N/C(=N\O)C1CC1. The maximum Gasteiger partial charge on any atom is 0.365 e. The van der Waals surface area contributed by atoms with Crippen LogP contribution in [0.25, 0.3) is 0 Å². The summed E-state index contributed by atoms with van der Waals surface area (Å²) in [6.07, 6.45) is 4.19. The molecule has 17 nitrogen and oxygen atoms in total. The lowest BCUT2D eigenvalue weighted by Crippen LogP contribution is -2.15. The molecular weight excluding hydrogens is 680 g/mol. The molecule has 0 saturated heterocycles. The molecular formula is C36H46N12O5. The molecule has 2 aliphatic rings. The topological polar surface area (TPSA) is 288 Å². The molecule has 0 aliphatic heterocycles. The highest BCUT2D eigenvalue weighted by atomic mass is 16.7. The van der Waals surface area contributed by atoms with Gasteiger partial charge in [-0.3, -0.25) is 0 Å². The zero-order valence-corrected chi connectivity index (χ0v) is 30.0. The van der Waals surface area contributed by atoms with Gasteiger partial charge in [-0.1, -0.05) is 34.6 Å². The summed E-state index contributed by atoms with van der Waals surface area (Å²) in [4.78, 5) is 44.0. The maximum atomic E-state index is 12.0. The zero-order valence-electron chi connectivity index (χ0n) is 30.0. The van der Waals surface area contributed by atoms with Crippen molar-refractivity contribution in [3.05, 3.63) is 94.3 Å². The number of aryl methyl sites for hydroxylation is 2. The van der Waals surface area contributed by atoms with Crippen molar-refractivity contribution in [2.24, 2.45) is 33.6 Å². The number of oxime groups is 2. The number of nitrogens with two attached hydrogens (primary N) is 4. The summed E-state index contributed by atoms with van der Waals surface area (Å²) in [6.45, 7) is 7.65. The average Bonchev–Trinajstić information content (AvgIpc) is 4.04. The van der Waals surface area contributed by atoms with E-state index in [2.05, 4.69) is 40.9 Å². The molecule has 2 heterocycles. The van der Waals surface area contributed by atoms with Crippen LogP contribution in [0.5, 0.6) is 0 Å². The number of carboxylic acids is 1. The number of nitrogens with zero attached hydrogens (tertiary/aromatic N) is 6. The lowest BCUT2D eigenvalue weighted by Gasteiger charge is -2.15. The normalized spacial score (nSPS) is 15.0. The Balaban J connectivity index is 0.000000204. The fourth-order valence-corrected chi connectivity index (χ4v) is 4.82. The summed E-state index contributed by atoms with van der Waals surface area (Å²) >= 11 is 0. The second kappa shape index (κ2) is 18.1. The van der Waals surface area contributed by atoms with Crippen LogP contribution in [0.15, 0.2) is 71.0 Å². The fourth-order valence-electron chi connectivity index (χ4n) is 4.82. The van der Waals surface area contributed by atoms with E-state index in [0.717, 1.165) is 48.2 Å². The highest BCUT2D eigenvalue weighted by Gasteiger charge is 2.27. The summed E-state index contributed by atoms with van der Waals surface area (Å²) < 4.78 is 0. The first-order chi connectivity index (χ1) is 25.2. The van der Waals surface area contributed by atoms with E-state index in [1.54, 1.807) is 42.5 Å². The van der Waals surface area contributed by atoms with E-state index in [0.29, 0.717) is 34.8 Å². The summed E-state index contributed by atoms with van der Waals surface area (Å²) in [7, 11) is 0. The summed E-state index contributed by atoms with van der Waals surface area (Å²) in [5, 5.41) is 29.9. The van der Waals surface area contributed by atoms with Crippen molar-refractivity contribution in [3.8, 4) is 0 Å². The number of hydrogen-bond acceptors (Lipinski definition) is 14. The molecule has 2 atom stereocenters. The van der Waals surface area contributed by atoms with E-state index in [-0.39, 0.29) is 35.5 Å². The standard InChI is InChI=1S/C18H22N6O2.C14H16N4O2.C4H8N2O/c1-10-9-15(23-18(20)21-10)22-11(2)12-3-7-14(8-4-12)17(25)26-24-16(19)13-5-6-13;1-8-7-12(18-14(15)16-8)17-9(2)10-3-5-11(6-4-10)13(19)20;5-4(6-7)3-1-2-3/h3-4,7-9,11,13H,5-6H2,1-2H3,(H2,19,24)(H3,20,21,22,23);3-7,9H,1-2H3,(H,19,20)(H3,15,16,17,18);3,7H,1-2H2,(H2,5,6)/t11-;9-;/m00./s1. The van der Waals surface area contributed by atoms with Crippen molar-refractivity contribution in [3.63, 3.8) is 0 Å². The van der Waals surface area contributed by atoms with Gasteiger partial charge in [0.1, 0.15) is 23.3 Å². The lowest BCUT2D eigenvalue weighted by atomic mass is 10.1. The first-order valence-corrected chi connectivity index (χ1v) is 16.9. The number of nitrogens with one attached hydrogen (secondary N) is 2. The second-order valence-corrected chi connectivity index (χ2v) is 12.8. The number of rotatable bonds is 11. The third kappa shape index (κ3) is 12.6. The van der Waals surface area contributed by atoms with Gasteiger partial charge < -0.3 is 48.7 Å². The van der Waals surface area contributed by atoms with Crippen molar-refractivity contribution in [1.29, 1.82) is 0 Å². The molecule has 17 heteroatoms. The Morgan fingerprint density at radius 1 is 0.736 bits per heavy atom. The van der Waals surface area contributed by atoms with Crippen LogP contribution in [-0.4, -0.2) is 53.9 Å². The predicted octanol–water partition coefficient (Wildman–Crippen LogP) is 4.76. The van der Waals surface area contributed by atoms with Crippen LogP contribution < -0.4 is 33.6 Å². The van der Waals surface area contributed by atoms with Crippen LogP contribution in [0.1, 0.15) is 94.8 Å². The van der Waals surface area contributed by atoms with Crippen LogP contribution in [0.3, 0.4) is 0 Å². The number of carboxylic acid groups (broad SMARTS) is 1. The van der Waals surface area contributed by atoms with Gasteiger partial charge in [0.2, 0.25) is 11.9 Å². The Hall–Kier alpha value is -6.52. The zero-order chi connectivity index (χ0) is 38.7. The monoisotopic (exact) mass is 726 g/mol. The van der Waals surface area contributed by atoms with Gasteiger partial charge in [-0.25, -0.2) is 19.6 Å². The Kier molecular flexibility index (Phi) is 13.4. The van der Waals surface area contributed by atoms with E-state index < -0.39 is 11.9 Å². The van der Waals surface area contributed by atoms with E-state index in [1.165, 1.54) is 0 Å². The number of aromatic carboxylic acids is 1. The van der Waals surface area contributed by atoms with E-state index in [4.69, 9.17) is 38.1 Å². The predicted molar refractivity (Wildman–Crippen MR) is 202 cm³/mol. The van der Waals surface area contributed by atoms with Crippen LogP contribution in [0, 0.1) is 25.7 Å². The molecule has 280 valence electrons. The molecule has 2 aliphatic carbocycles. The van der Waals surface area contributed by atoms with Crippen LogP contribution in [-0.2, 0) is 4.84 Å². The molecule has 2 aromatic carbocycles. The van der Waals surface area contributed by atoms with Crippen molar-refractivity contribution in [1.82, 2.24) is 19.9 Å². The number of hydrogen-bond donors (Lipinski definition) is 8. The third-order valence-electron chi connectivity index (χ3n) is 8.12. The minimum Gasteiger partial charge on any atom is -0.478 e. The van der Waals surface area contributed by atoms with Crippen molar-refractivity contribution >= 4 is 47.1 Å². The largest absolute Gasteiger partial charge is 0.478 e. The first kappa shape index (κ1) is 39.3. The second-order valence-electron chi connectivity index (χ2n) is 12.8. The number of nitrogen functional groups attached to an aromatic ring is 2. The molecule has 53 heavy (non-hydrogen) atoms. The number of amidine groups is 2. The van der Waals surface area contributed by atoms with Gasteiger partial charge in [-0.05, 0) is 88.8 Å². The van der Waals surface area contributed by atoms with Gasteiger partial charge in [0.25, 0.3) is 0 Å². The number of anilines is 4. The Bertz CT molecular complexity index is 1890. The van der Waals surface area contributed by atoms with Gasteiger partial charge in [0.05, 0.1) is 11.1 Å². The van der Waals surface area contributed by atoms with Gasteiger partial charge in [0.15, 0.2) is 0 Å². The fraction of sp³-hybridized carbons (Fsp3) is 0.333. The van der Waals surface area contributed by atoms with Crippen LogP contribution >= 0.6 is 0 Å². The van der Waals surface area contributed by atoms with Gasteiger partial charge in [0, 0.05) is 47.4 Å². The highest BCUT2D eigenvalue weighted by molar-refractivity contribution is 5.91. The van der Waals surface area contributed by atoms with E-state index in [9.17, 15) is 9.59 Å². The third-order valence-corrected chi connectivity index (χ3v) is 8.12. The van der Waals surface area contributed by atoms with Crippen molar-refractivity contribution < 1.29 is 24.7 Å². The van der Waals surface area contributed by atoms with Gasteiger partial charge >= 0.3 is 11.9 Å². The summed E-state index contributed by atoms with van der Waals surface area (Å²) in [5.74, 6) is 1.70. The smallest absolute Gasteiger partial charge is 0.365 e. The minimum absolute atomic E-state index is 0.0217. The molecule has 6 rings (SSSR count). The lowest BCUT2D eigenvalue weighted by molar-refractivity contribution is 0.0513. The molecule has 2 fully saturated rings. The number of carbonyl (C=O) groups excluding carboxylic acids is 1. The minimum atomic E-state index is -0.934. The number of carbonyl (C=O) groups is 2. The average molecular weight is 727 g/mol. The number of aromatic nitrogens is 4. The van der Waals surface area contributed by atoms with Crippen LogP contribution in [0.4, 0.5) is 23.5 Å². The molecule has 0 amide bonds. The molecule has 2 aromatic heterocycles. The van der Waals surface area contributed by atoms with Gasteiger partial charge in [-0.15, -0.1) is 0 Å². The Labute approximate surface area is 307 Å². The molecule has 0 bridgehead atoms. The number of benzene rings is 2. The van der Waals surface area contributed by atoms with Crippen molar-refractivity contribution in [2.45, 2.75) is 65.5 Å². The quantitative estimate of drug-likeness (QED) is 0.0340. The molecule has 2 saturated carbocycles.